The van der Waals surface area contributed by atoms with E-state index in [1.54, 1.807) is 12.1 Å². The summed E-state index contributed by atoms with van der Waals surface area (Å²) in [5.41, 5.74) is 0.797. The highest BCUT2D eigenvalue weighted by Gasteiger charge is 2.08. The monoisotopic (exact) mass is 239 g/mol. The Balaban J connectivity index is 2.34. The van der Waals surface area contributed by atoms with Gasteiger partial charge in [-0.3, -0.25) is 0 Å². The predicted octanol–water partition coefficient (Wildman–Crippen LogP) is 2.98. The summed E-state index contributed by atoms with van der Waals surface area (Å²) in [5, 5.41) is 9.93. The van der Waals surface area contributed by atoms with Crippen LogP contribution < -0.4 is 0 Å². The van der Waals surface area contributed by atoms with E-state index in [-0.39, 0.29) is 5.82 Å². The first-order valence-corrected chi connectivity index (χ1v) is 6.33. The van der Waals surface area contributed by atoms with E-state index in [0.29, 0.717) is 0 Å². The van der Waals surface area contributed by atoms with Gasteiger partial charge in [-0.2, -0.15) is 0 Å². The second kappa shape index (κ2) is 7.41. The van der Waals surface area contributed by atoms with Crippen LogP contribution in [0.25, 0.3) is 0 Å². The average molecular weight is 239 g/mol. The number of aliphatic hydroxyl groups is 1. The van der Waals surface area contributed by atoms with Gasteiger partial charge in [0.15, 0.2) is 0 Å². The van der Waals surface area contributed by atoms with Crippen molar-refractivity contribution in [1.82, 2.24) is 4.90 Å². The molecule has 1 aromatic rings. The number of benzene rings is 1. The standard InChI is InChI=1S/C14H22FNO/c1-3-16(4-2)11-5-6-14(17)12-7-9-13(15)10-8-12/h7-10,14,17H,3-6,11H2,1-2H3/t14-/m1/s1. The molecule has 0 heterocycles. The molecule has 0 unspecified atom stereocenters. The van der Waals surface area contributed by atoms with Crippen molar-refractivity contribution in [3.63, 3.8) is 0 Å². The van der Waals surface area contributed by atoms with Crippen LogP contribution in [0.5, 0.6) is 0 Å². The van der Waals surface area contributed by atoms with E-state index in [2.05, 4.69) is 18.7 Å². The minimum atomic E-state index is -0.480. The fourth-order valence-electron chi connectivity index (χ4n) is 1.90. The lowest BCUT2D eigenvalue weighted by Gasteiger charge is -2.19. The van der Waals surface area contributed by atoms with Gasteiger partial charge in [0.2, 0.25) is 0 Å². The van der Waals surface area contributed by atoms with Crippen molar-refractivity contribution in [1.29, 1.82) is 0 Å². The topological polar surface area (TPSA) is 23.5 Å². The summed E-state index contributed by atoms with van der Waals surface area (Å²) in [6.45, 7) is 7.37. The lowest BCUT2D eigenvalue weighted by Crippen LogP contribution is -2.24. The molecule has 0 aliphatic carbocycles. The Bertz CT molecular complexity index is 309. The molecule has 0 aliphatic heterocycles. The number of hydrogen-bond acceptors (Lipinski definition) is 2. The number of halogens is 1. The molecule has 0 saturated carbocycles. The fraction of sp³-hybridized carbons (Fsp3) is 0.571. The third-order valence-electron chi connectivity index (χ3n) is 3.10. The van der Waals surface area contributed by atoms with Gasteiger partial charge in [-0.25, -0.2) is 4.39 Å². The Labute approximate surface area is 103 Å². The van der Waals surface area contributed by atoms with Gasteiger partial charge >= 0.3 is 0 Å². The van der Waals surface area contributed by atoms with Gasteiger partial charge in [-0.15, -0.1) is 0 Å². The maximum Gasteiger partial charge on any atom is 0.123 e. The molecule has 0 spiro atoms. The molecule has 0 bridgehead atoms. The highest BCUT2D eigenvalue weighted by Crippen LogP contribution is 2.18. The molecule has 0 fully saturated rings. The van der Waals surface area contributed by atoms with Crippen LogP contribution in [0.3, 0.4) is 0 Å². The normalized spacial score (nSPS) is 13.0. The van der Waals surface area contributed by atoms with Gasteiger partial charge in [0, 0.05) is 0 Å². The van der Waals surface area contributed by atoms with E-state index in [4.69, 9.17) is 0 Å². The second-order valence-electron chi connectivity index (χ2n) is 4.24. The molecule has 3 heteroatoms. The zero-order valence-electron chi connectivity index (χ0n) is 10.7. The molecule has 96 valence electrons. The fourth-order valence-corrected chi connectivity index (χ4v) is 1.90. The molecule has 1 N–H and O–H groups in total. The van der Waals surface area contributed by atoms with E-state index < -0.39 is 6.10 Å². The summed E-state index contributed by atoms with van der Waals surface area (Å²) < 4.78 is 12.7. The lowest BCUT2D eigenvalue weighted by atomic mass is 10.0. The zero-order chi connectivity index (χ0) is 12.7. The maximum absolute atomic E-state index is 12.7. The first kappa shape index (κ1) is 14.1. The van der Waals surface area contributed by atoms with E-state index in [0.717, 1.165) is 38.0 Å². The van der Waals surface area contributed by atoms with Crippen molar-refractivity contribution < 1.29 is 9.50 Å². The molecule has 1 atom stereocenters. The summed E-state index contributed by atoms with van der Waals surface area (Å²) >= 11 is 0. The van der Waals surface area contributed by atoms with Gasteiger partial charge in [-0.1, -0.05) is 26.0 Å². The van der Waals surface area contributed by atoms with Crippen molar-refractivity contribution in [2.45, 2.75) is 32.8 Å². The van der Waals surface area contributed by atoms with Crippen molar-refractivity contribution in [3.8, 4) is 0 Å². The SMILES string of the molecule is CCN(CC)CCC[C@@H](O)c1ccc(F)cc1. The number of hydrogen-bond donors (Lipinski definition) is 1. The van der Waals surface area contributed by atoms with E-state index in [9.17, 15) is 9.50 Å². The molecule has 17 heavy (non-hydrogen) atoms. The number of nitrogens with zero attached hydrogens (tertiary/aromatic N) is 1. The van der Waals surface area contributed by atoms with Crippen LogP contribution in [0.2, 0.25) is 0 Å². The first-order valence-electron chi connectivity index (χ1n) is 6.33. The van der Waals surface area contributed by atoms with E-state index >= 15 is 0 Å². The maximum atomic E-state index is 12.7. The average Bonchev–Trinajstić information content (AvgIpc) is 2.35. The highest BCUT2D eigenvalue weighted by molar-refractivity contribution is 5.18. The summed E-state index contributed by atoms with van der Waals surface area (Å²) in [6, 6.07) is 6.08. The third kappa shape index (κ3) is 4.84. The second-order valence-corrected chi connectivity index (χ2v) is 4.24. The van der Waals surface area contributed by atoms with Crippen molar-refractivity contribution >= 4 is 0 Å². The molecule has 0 radical (unpaired) electrons. The molecule has 0 amide bonds. The molecule has 2 nitrogen and oxygen atoms in total. The van der Waals surface area contributed by atoms with Gasteiger partial charge in [0.1, 0.15) is 5.82 Å². The number of aliphatic hydroxyl groups excluding tert-OH is 1. The Kier molecular flexibility index (Phi) is 6.16. The third-order valence-corrected chi connectivity index (χ3v) is 3.10. The summed E-state index contributed by atoms with van der Waals surface area (Å²) in [7, 11) is 0. The minimum absolute atomic E-state index is 0.260. The summed E-state index contributed by atoms with van der Waals surface area (Å²) in [4.78, 5) is 2.33. The van der Waals surface area contributed by atoms with Gasteiger partial charge in [0.05, 0.1) is 6.10 Å². The lowest BCUT2D eigenvalue weighted by molar-refractivity contribution is 0.156. The van der Waals surface area contributed by atoms with Crippen LogP contribution in [0.1, 0.15) is 38.4 Å². The molecule has 1 aromatic carbocycles. The zero-order valence-corrected chi connectivity index (χ0v) is 10.7. The smallest absolute Gasteiger partial charge is 0.123 e. The van der Waals surface area contributed by atoms with E-state index in [1.807, 2.05) is 0 Å². The van der Waals surface area contributed by atoms with Crippen LogP contribution in [0, 0.1) is 5.82 Å². The Morgan fingerprint density at radius 1 is 1.18 bits per heavy atom. The van der Waals surface area contributed by atoms with Gasteiger partial charge in [-0.05, 0) is 50.2 Å². The Morgan fingerprint density at radius 3 is 2.29 bits per heavy atom. The quantitative estimate of drug-likeness (QED) is 0.790. The Hall–Kier alpha value is -0.930. The molecular formula is C14H22FNO. The van der Waals surface area contributed by atoms with Gasteiger partial charge in [0.25, 0.3) is 0 Å². The molecule has 0 saturated heterocycles. The minimum Gasteiger partial charge on any atom is -0.388 e. The van der Waals surface area contributed by atoms with Gasteiger partial charge < -0.3 is 10.0 Å². The Morgan fingerprint density at radius 2 is 1.76 bits per heavy atom. The molecular weight excluding hydrogens is 217 g/mol. The van der Waals surface area contributed by atoms with Crippen LogP contribution in [0.15, 0.2) is 24.3 Å². The summed E-state index contributed by atoms with van der Waals surface area (Å²) in [6.07, 6.45) is 1.20. The molecule has 0 aliphatic rings. The van der Waals surface area contributed by atoms with E-state index in [1.165, 1.54) is 12.1 Å². The largest absolute Gasteiger partial charge is 0.388 e. The van der Waals surface area contributed by atoms with Crippen molar-refractivity contribution in [3.05, 3.63) is 35.6 Å². The highest BCUT2D eigenvalue weighted by atomic mass is 19.1. The summed E-state index contributed by atoms with van der Waals surface area (Å²) in [5.74, 6) is -0.260. The van der Waals surface area contributed by atoms with Crippen LogP contribution >= 0.6 is 0 Å². The predicted molar refractivity (Wildman–Crippen MR) is 68.4 cm³/mol. The van der Waals surface area contributed by atoms with Crippen LogP contribution in [0.4, 0.5) is 4.39 Å². The molecule has 0 aromatic heterocycles. The first-order chi connectivity index (χ1) is 8.17. The van der Waals surface area contributed by atoms with Crippen molar-refractivity contribution in [2.24, 2.45) is 0 Å². The van der Waals surface area contributed by atoms with Crippen LogP contribution in [-0.2, 0) is 0 Å². The van der Waals surface area contributed by atoms with Crippen molar-refractivity contribution in [2.75, 3.05) is 19.6 Å². The molecule has 1 rings (SSSR count). The van der Waals surface area contributed by atoms with Crippen LogP contribution in [-0.4, -0.2) is 29.6 Å². The number of rotatable bonds is 7.